The molecule has 0 bridgehead atoms. The normalized spacial score (nSPS) is 11.0. The fourth-order valence-electron chi connectivity index (χ4n) is 2.86. The third-order valence-electron chi connectivity index (χ3n) is 4.30. The lowest BCUT2D eigenvalue weighted by atomic mass is 10.2. The van der Waals surface area contributed by atoms with Crippen molar-refractivity contribution < 1.29 is 9.53 Å². The Labute approximate surface area is 171 Å². The lowest BCUT2D eigenvalue weighted by Gasteiger charge is -2.09. The highest BCUT2D eigenvalue weighted by atomic mass is 32.2. The van der Waals surface area contributed by atoms with Gasteiger partial charge in [-0.1, -0.05) is 54.2 Å². The van der Waals surface area contributed by atoms with E-state index in [2.05, 4.69) is 11.6 Å². The summed E-state index contributed by atoms with van der Waals surface area (Å²) in [5, 5.41) is 0.456. The topological polar surface area (TPSA) is 88.1 Å². The summed E-state index contributed by atoms with van der Waals surface area (Å²) in [6.07, 6.45) is 0. The number of benzene rings is 1. The van der Waals surface area contributed by atoms with E-state index in [-0.39, 0.29) is 18.0 Å². The third-order valence-corrected chi connectivity index (χ3v) is 5.25. The van der Waals surface area contributed by atoms with E-state index in [0.717, 1.165) is 27.5 Å². The highest BCUT2D eigenvalue weighted by Crippen LogP contribution is 2.23. The molecule has 8 nitrogen and oxygen atoms in total. The molecule has 0 amide bonds. The molecular weight excluding hydrogens is 392 g/mol. The molecule has 0 saturated heterocycles. The van der Waals surface area contributed by atoms with Crippen molar-refractivity contribution in [3.8, 4) is 0 Å². The highest BCUT2D eigenvalue weighted by Gasteiger charge is 2.20. The number of fused-ring (bicyclic) bond motifs is 1. The number of hydrogen-bond acceptors (Lipinski definition) is 6. The molecule has 1 aromatic carbocycles. The number of aryl methyl sites for hydroxylation is 1. The van der Waals surface area contributed by atoms with Crippen molar-refractivity contribution in [3.05, 3.63) is 68.9 Å². The number of rotatable bonds is 7. The Morgan fingerprint density at radius 2 is 1.86 bits per heavy atom. The molecule has 9 heteroatoms. The van der Waals surface area contributed by atoms with Gasteiger partial charge in [0.05, 0.1) is 5.75 Å². The second-order valence-electron chi connectivity index (χ2n) is 6.75. The lowest BCUT2D eigenvalue weighted by Crippen LogP contribution is -2.37. The van der Waals surface area contributed by atoms with Crippen molar-refractivity contribution in [2.24, 2.45) is 14.1 Å². The van der Waals surface area contributed by atoms with Gasteiger partial charge in [-0.25, -0.2) is 9.78 Å². The van der Waals surface area contributed by atoms with Gasteiger partial charge in [0.2, 0.25) is 0 Å². The number of nitrogens with zero attached hydrogens (tertiary/aromatic N) is 4. The Hall–Kier alpha value is -3.07. The first kappa shape index (κ1) is 20.7. The molecule has 152 valence electrons. The zero-order valence-electron chi connectivity index (χ0n) is 16.5. The van der Waals surface area contributed by atoms with E-state index in [1.807, 2.05) is 37.3 Å². The molecule has 3 rings (SSSR count). The van der Waals surface area contributed by atoms with E-state index < -0.39 is 17.2 Å². The molecule has 0 aliphatic carbocycles. The number of carbonyl (C=O) groups is 1. The number of allylic oxidation sites excluding steroid dienone is 1. The number of imidazole rings is 1. The predicted molar refractivity (Wildman–Crippen MR) is 112 cm³/mol. The minimum Gasteiger partial charge on any atom is -0.460 e. The number of carbonyl (C=O) groups excluding carboxylic acids is 1. The standard InChI is InChI=1S/C20H22N4O4S/c1-13(2)10-24-16-17(22(3)20(27)23(4)18(16)26)21-19(24)29-12-15(25)28-11-14-8-6-5-7-9-14/h5-9H,1,10-12H2,2-4H3. The van der Waals surface area contributed by atoms with Crippen molar-refractivity contribution in [2.75, 3.05) is 5.75 Å². The number of aromatic nitrogens is 4. The Kier molecular flexibility index (Phi) is 6.07. The van der Waals surface area contributed by atoms with Crippen molar-refractivity contribution in [3.63, 3.8) is 0 Å². The van der Waals surface area contributed by atoms with Crippen LogP contribution >= 0.6 is 11.8 Å². The van der Waals surface area contributed by atoms with Crippen LogP contribution in [0.15, 0.2) is 57.2 Å². The lowest BCUT2D eigenvalue weighted by molar-refractivity contribution is -0.141. The van der Waals surface area contributed by atoms with E-state index in [9.17, 15) is 14.4 Å². The maximum Gasteiger partial charge on any atom is 0.332 e. The number of ether oxygens (including phenoxy) is 1. The summed E-state index contributed by atoms with van der Waals surface area (Å²) in [4.78, 5) is 41.5. The SMILES string of the molecule is C=C(C)Cn1c(SCC(=O)OCc2ccccc2)nc2c1c(=O)n(C)c(=O)n2C. The highest BCUT2D eigenvalue weighted by molar-refractivity contribution is 7.99. The Morgan fingerprint density at radius 1 is 1.17 bits per heavy atom. The molecular formula is C20H22N4O4S. The van der Waals surface area contributed by atoms with Gasteiger partial charge in [0.15, 0.2) is 16.3 Å². The van der Waals surface area contributed by atoms with Crippen LogP contribution in [-0.2, 0) is 36.8 Å². The second-order valence-corrected chi connectivity index (χ2v) is 7.69. The van der Waals surface area contributed by atoms with Gasteiger partial charge in [-0.3, -0.25) is 18.7 Å². The Morgan fingerprint density at radius 3 is 2.52 bits per heavy atom. The van der Waals surface area contributed by atoms with Crippen molar-refractivity contribution >= 4 is 28.9 Å². The van der Waals surface area contributed by atoms with Gasteiger partial charge in [-0.05, 0) is 12.5 Å². The van der Waals surface area contributed by atoms with E-state index >= 15 is 0 Å². The van der Waals surface area contributed by atoms with E-state index in [0.29, 0.717) is 17.2 Å². The zero-order chi connectivity index (χ0) is 21.1. The zero-order valence-corrected chi connectivity index (χ0v) is 17.4. The first-order valence-electron chi connectivity index (χ1n) is 8.92. The average molecular weight is 414 g/mol. The van der Waals surface area contributed by atoms with Crippen LogP contribution in [0.3, 0.4) is 0 Å². The average Bonchev–Trinajstić information content (AvgIpc) is 3.06. The van der Waals surface area contributed by atoms with Crippen LogP contribution in [0.1, 0.15) is 12.5 Å². The number of esters is 1. The largest absolute Gasteiger partial charge is 0.460 e. The fraction of sp³-hybridized carbons (Fsp3) is 0.300. The summed E-state index contributed by atoms with van der Waals surface area (Å²) in [6.45, 7) is 6.28. The molecule has 0 aliphatic rings. The van der Waals surface area contributed by atoms with Crippen LogP contribution in [0.2, 0.25) is 0 Å². The molecule has 2 heterocycles. The first-order valence-corrected chi connectivity index (χ1v) is 9.91. The molecule has 0 unspecified atom stereocenters. The van der Waals surface area contributed by atoms with E-state index in [4.69, 9.17) is 4.74 Å². The van der Waals surface area contributed by atoms with Crippen LogP contribution in [0.25, 0.3) is 11.2 Å². The van der Waals surface area contributed by atoms with Gasteiger partial charge in [0.1, 0.15) is 6.61 Å². The minimum atomic E-state index is -0.457. The molecule has 0 N–H and O–H groups in total. The molecule has 0 atom stereocenters. The molecule has 0 radical (unpaired) electrons. The molecule has 29 heavy (non-hydrogen) atoms. The van der Waals surface area contributed by atoms with Crippen LogP contribution in [0.5, 0.6) is 0 Å². The molecule has 3 aromatic rings. The van der Waals surface area contributed by atoms with Crippen LogP contribution in [0.4, 0.5) is 0 Å². The number of thioether (sulfide) groups is 1. The van der Waals surface area contributed by atoms with Crippen LogP contribution < -0.4 is 11.2 Å². The van der Waals surface area contributed by atoms with Gasteiger partial charge in [-0.2, -0.15) is 0 Å². The molecule has 0 saturated carbocycles. The summed E-state index contributed by atoms with van der Waals surface area (Å²) < 4.78 is 9.35. The number of hydrogen-bond donors (Lipinski definition) is 0. The second kappa shape index (κ2) is 8.52. The molecule has 0 fully saturated rings. The summed E-state index contributed by atoms with van der Waals surface area (Å²) >= 11 is 1.16. The van der Waals surface area contributed by atoms with Gasteiger partial charge in [-0.15, -0.1) is 0 Å². The monoisotopic (exact) mass is 414 g/mol. The van der Waals surface area contributed by atoms with Gasteiger partial charge >= 0.3 is 11.7 Å². The van der Waals surface area contributed by atoms with Crippen LogP contribution in [0, 0.1) is 0 Å². The van der Waals surface area contributed by atoms with Crippen molar-refractivity contribution in [1.29, 1.82) is 0 Å². The van der Waals surface area contributed by atoms with Gasteiger partial charge < -0.3 is 9.30 Å². The summed E-state index contributed by atoms with van der Waals surface area (Å²) in [5.74, 6) is -0.366. The van der Waals surface area contributed by atoms with Gasteiger partial charge in [0, 0.05) is 20.6 Å². The van der Waals surface area contributed by atoms with E-state index in [1.165, 1.54) is 11.6 Å². The third kappa shape index (κ3) is 4.34. The Balaban J connectivity index is 1.86. The smallest absolute Gasteiger partial charge is 0.332 e. The summed E-state index contributed by atoms with van der Waals surface area (Å²) in [7, 11) is 2.99. The van der Waals surface area contributed by atoms with Gasteiger partial charge in [0.25, 0.3) is 5.56 Å². The van der Waals surface area contributed by atoms with E-state index in [1.54, 1.807) is 11.6 Å². The summed E-state index contributed by atoms with van der Waals surface area (Å²) in [5.41, 5.74) is 1.40. The first-order chi connectivity index (χ1) is 13.8. The Bertz CT molecular complexity index is 1190. The molecule has 0 spiro atoms. The fourth-order valence-corrected chi connectivity index (χ4v) is 3.65. The van der Waals surface area contributed by atoms with Crippen LogP contribution in [-0.4, -0.2) is 30.4 Å². The molecule has 2 aromatic heterocycles. The maximum absolute atomic E-state index is 12.7. The minimum absolute atomic E-state index is 0.0284. The molecule has 0 aliphatic heterocycles. The van der Waals surface area contributed by atoms with Crippen molar-refractivity contribution in [2.45, 2.75) is 25.2 Å². The maximum atomic E-state index is 12.7. The predicted octanol–water partition coefficient (Wildman–Crippen LogP) is 1.85. The summed E-state index contributed by atoms with van der Waals surface area (Å²) in [6, 6.07) is 9.40. The van der Waals surface area contributed by atoms with Crippen molar-refractivity contribution in [1.82, 2.24) is 18.7 Å². The quantitative estimate of drug-likeness (QED) is 0.333.